The smallest absolute Gasteiger partial charge is 0.173 e. The summed E-state index contributed by atoms with van der Waals surface area (Å²) >= 11 is 0. The number of amidine groups is 1. The molecule has 0 aliphatic rings. The highest BCUT2D eigenvalue weighted by Gasteiger charge is 2.00. The molecule has 19 heavy (non-hydrogen) atoms. The van der Waals surface area contributed by atoms with Gasteiger partial charge in [0.2, 0.25) is 0 Å². The Bertz CT molecular complexity index is 605. The number of halogens is 1. The van der Waals surface area contributed by atoms with E-state index < -0.39 is 0 Å². The minimum atomic E-state index is -0.292. The van der Waals surface area contributed by atoms with Crippen molar-refractivity contribution in [3.63, 3.8) is 0 Å². The Morgan fingerprint density at radius 2 is 1.89 bits per heavy atom. The standard InChI is InChI=1S/C13H12FN5/c1-9(10-2-4-11(14)5-3-10)18-19-13(15)12-8-16-6-7-17-12/h2-8H,1H3,(H2,15,19)/b18-9-. The second-order valence-corrected chi connectivity index (χ2v) is 3.77. The van der Waals surface area contributed by atoms with Crippen molar-refractivity contribution < 1.29 is 4.39 Å². The first-order valence-corrected chi connectivity index (χ1v) is 5.57. The summed E-state index contributed by atoms with van der Waals surface area (Å²) in [6, 6.07) is 5.98. The van der Waals surface area contributed by atoms with Crippen LogP contribution < -0.4 is 5.73 Å². The van der Waals surface area contributed by atoms with Crippen LogP contribution in [-0.4, -0.2) is 21.5 Å². The van der Waals surface area contributed by atoms with Gasteiger partial charge in [-0.3, -0.25) is 4.98 Å². The topological polar surface area (TPSA) is 76.5 Å². The Balaban J connectivity index is 2.20. The highest BCUT2D eigenvalue weighted by Crippen LogP contribution is 2.04. The number of nitrogens with two attached hydrogens (primary N) is 1. The third kappa shape index (κ3) is 3.41. The lowest BCUT2D eigenvalue weighted by Gasteiger charge is -1.99. The fourth-order valence-electron chi connectivity index (χ4n) is 1.36. The Hall–Kier alpha value is -2.63. The molecule has 0 fully saturated rings. The minimum absolute atomic E-state index is 0.176. The normalized spacial score (nSPS) is 12.5. The van der Waals surface area contributed by atoms with Crippen LogP contribution in [-0.2, 0) is 0 Å². The summed E-state index contributed by atoms with van der Waals surface area (Å²) in [6.45, 7) is 1.76. The van der Waals surface area contributed by atoms with Gasteiger partial charge in [-0.05, 0) is 24.6 Å². The molecular formula is C13H12FN5. The van der Waals surface area contributed by atoms with Gasteiger partial charge < -0.3 is 5.73 Å². The van der Waals surface area contributed by atoms with Crippen molar-refractivity contribution in [1.82, 2.24) is 9.97 Å². The summed E-state index contributed by atoms with van der Waals surface area (Å²) in [6.07, 6.45) is 4.57. The third-order valence-electron chi connectivity index (χ3n) is 2.40. The highest BCUT2D eigenvalue weighted by atomic mass is 19.1. The number of hydrogen-bond donors (Lipinski definition) is 1. The van der Waals surface area contributed by atoms with Crippen LogP contribution in [0.5, 0.6) is 0 Å². The van der Waals surface area contributed by atoms with Gasteiger partial charge in [0.05, 0.1) is 11.9 Å². The Morgan fingerprint density at radius 1 is 1.16 bits per heavy atom. The predicted molar refractivity (Wildman–Crippen MR) is 71.4 cm³/mol. The molecule has 5 nitrogen and oxygen atoms in total. The van der Waals surface area contributed by atoms with Gasteiger partial charge in [0.1, 0.15) is 11.5 Å². The first kappa shape index (κ1) is 12.8. The van der Waals surface area contributed by atoms with Gasteiger partial charge >= 0.3 is 0 Å². The van der Waals surface area contributed by atoms with Gasteiger partial charge in [-0.15, -0.1) is 5.10 Å². The zero-order chi connectivity index (χ0) is 13.7. The quantitative estimate of drug-likeness (QED) is 0.517. The number of rotatable bonds is 3. The molecule has 1 heterocycles. The SMILES string of the molecule is C/C(=N/N=C(/N)c1cnccn1)c1ccc(F)cc1. The van der Waals surface area contributed by atoms with E-state index in [0.29, 0.717) is 11.4 Å². The Labute approximate surface area is 109 Å². The number of aromatic nitrogens is 2. The summed E-state index contributed by atoms with van der Waals surface area (Å²) in [5.74, 6) is -0.117. The van der Waals surface area contributed by atoms with Crippen LogP contribution in [0.1, 0.15) is 18.2 Å². The molecule has 0 saturated carbocycles. The first-order valence-electron chi connectivity index (χ1n) is 5.57. The van der Waals surface area contributed by atoms with E-state index in [4.69, 9.17) is 5.73 Å². The molecule has 0 aliphatic heterocycles. The van der Waals surface area contributed by atoms with Gasteiger partial charge in [0.15, 0.2) is 5.84 Å². The van der Waals surface area contributed by atoms with Gasteiger partial charge in [-0.25, -0.2) is 9.37 Å². The minimum Gasteiger partial charge on any atom is -0.380 e. The fraction of sp³-hybridized carbons (Fsp3) is 0.0769. The van der Waals surface area contributed by atoms with E-state index in [1.165, 1.54) is 24.5 Å². The third-order valence-corrected chi connectivity index (χ3v) is 2.40. The van der Waals surface area contributed by atoms with Gasteiger partial charge in [0.25, 0.3) is 0 Å². The molecule has 2 rings (SSSR count). The van der Waals surface area contributed by atoms with Gasteiger partial charge in [0, 0.05) is 12.4 Å². The van der Waals surface area contributed by atoms with E-state index >= 15 is 0 Å². The van der Waals surface area contributed by atoms with E-state index in [0.717, 1.165) is 5.56 Å². The Kier molecular flexibility index (Phi) is 3.92. The van der Waals surface area contributed by atoms with Crippen LogP contribution in [0, 0.1) is 5.82 Å². The van der Waals surface area contributed by atoms with Crippen molar-refractivity contribution in [3.05, 3.63) is 59.9 Å². The molecule has 0 spiro atoms. The van der Waals surface area contributed by atoms with Gasteiger partial charge in [-0.2, -0.15) is 5.10 Å². The van der Waals surface area contributed by atoms with Crippen molar-refractivity contribution in [2.45, 2.75) is 6.92 Å². The summed E-state index contributed by atoms with van der Waals surface area (Å²) < 4.78 is 12.8. The maximum atomic E-state index is 12.8. The average Bonchev–Trinajstić information content (AvgIpc) is 2.46. The van der Waals surface area contributed by atoms with Crippen LogP contribution in [0.2, 0.25) is 0 Å². The van der Waals surface area contributed by atoms with Crippen molar-refractivity contribution in [2.24, 2.45) is 15.9 Å². The maximum absolute atomic E-state index is 12.8. The molecule has 2 N–H and O–H groups in total. The van der Waals surface area contributed by atoms with E-state index in [-0.39, 0.29) is 11.7 Å². The first-order chi connectivity index (χ1) is 9.16. The number of benzene rings is 1. The Morgan fingerprint density at radius 3 is 2.53 bits per heavy atom. The van der Waals surface area contributed by atoms with Crippen LogP contribution in [0.25, 0.3) is 0 Å². The predicted octanol–water partition coefficient (Wildman–Crippen LogP) is 1.75. The molecule has 0 radical (unpaired) electrons. The zero-order valence-corrected chi connectivity index (χ0v) is 10.3. The molecule has 0 aliphatic carbocycles. The van der Waals surface area contributed by atoms with Crippen molar-refractivity contribution >= 4 is 11.5 Å². The fourth-order valence-corrected chi connectivity index (χ4v) is 1.36. The van der Waals surface area contributed by atoms with Crippen LogP contribution in [0.4, 0.5) is 4.39 Å². The largest absolute Gasteiger partial charge is 0.380 e. The monoisotopic (exact) mass is 257 g/mol. The molecule has 0 unspecified atom stereocenters. The zero-order valence-electron chi connectivity index (χ0n) is 10.3. The molecule has 0 amide bonds. The van der Waals surface area contributed by atoms with Crippen molar-refractivity contribution in [2.75, 3.05) is 0 Å². The van der Waals surface area contributed by atoms with Crippen molar-refractivity contribution in [1.29, 1.82) is 0 Å². The molecule has 0 atom stereocenters. The average molecular weight is 257 g/mol. The van der Waals surface area contributed by atoms with Crippen LogP contribution in [0.3, 0.4) is 0 Å². The van der Waals surface area contributed by atoms with E-state index in [1.54, 1.807) is 25.3 Å². The molecule has 1 aromatic heterocycles. The second-order valence-electron chi connectivity index (χ2n) is 3.77. The summed E-state index contributed by atoms with van der Waals surface area (Å²) in [5, 5.41) is 7.87. The molecule has 0 saturated heterocycles. The summed E-state index contributed by atoms with van der Waals surface area (Å²) in [7, 11) is 0. The summed E-state index contributed by atoms with van der Waals surface area (Å²) in [5.41, 5.74) is 7.59. The van der Waals surface area contributed by atoms with Crippen molar-refractivity contribution in [3.8, 4) is 0 Å². The number of nitrogens with zero attached hydrogens (tertiary/aromatic N) is 4. The molecule has 6 heteroatoms. The van der Waals surface area contributed by atoms with Crippen LogP contribution >= 0.6 is 0 Å². The second kappa shape index (κ2) is 5.81. The van der Waals surface area contributed by atoms with E-state index in [2.05, 4.69) is 20.2 Å². The molecule has 0 bridgehead atoms. The lowest BCUT2D eigenvalue weighted by atomic mass is 10.1. The lowest BCUT2D eigenvalue weighted by molar-refractivity contribution is 0.628. The highest BCUT2D eigenvalue weighted by molar-refractivity contribution is 6.00. The van der Waals surface area contributed by atoms with E-state index in [9.17, 15) is 4.39 Å². The van der Waals surface area contributed by atoms with Crippen LogP contribution in [0.15, 0.2) is 53.1 Å². The molecule has 96 valence electrons. The molecule has 2 aromatic rings. The van der Waals surface area contributed by atoms with Gasteiger partial charge in [-0.1, -0.05) is 12.1 Å². The maximum Gasteiger partial charge on any atom is 0.173 e. The van der Waals surface area contributed by atoms with E-state index in [1.807, 2.05) is 0 Å². The summed E-state index contributed by atoms with van der Waals surface area (Å²) in [4.78, 5) is 7.89. The molecular weight excluding hydrogens is 245 g/mol. The lowest BCUT2D eigenvalue weighted by Crippen LogP contribution is -2.15. The number of hydrogen-bond acceptors (Lipinski definition) is 4. The molecule has 1 aromatic carbocycles.